The van der Waals surface area contributed by atoms with Crippen LogP contribution in [0.3, 0.4) is 0 Å². The van der Waals surface area contributed by atoms with Crippen molar-refractivity contribution in [2.75, 3.05) is 13.1 Å². The van der Waals surface area contributed by atoms with Crippen LogP contribution in [0.25, 0.3) is 0 Å². The van der Waals surface area contributed by atoms with Gasteiger partial charge in [-0.15, -0.1) is 11.8 Å². The van der Waals surface area contributed by atoms with Gasteiger partial charge < -0.3 is 5.32 Å². The van der Waals surface area contributed by atoms with Crippen LogP contribution >= 0.6 is 11.8 Å². The molecule has 0 saturated heterocycles. The predicted octanol–water partition coefficient (Wildman–Crippen LogP) is 4.26. The van der Waals surface area contributed by atoms with Crippen LogP contribution in [0.1, 0.15) is 44.1 Å². The molecule has 104 valence electrons. The largest absolute Gasteiger partial charge is 0.316 e. The summed E-state index contributed by atoms with van der Waals surface area (Å²) in [5.41, 5.74) is 1.55. The van der Waals surface area contributed by atoms with Gasteiger partial charge in [0, 0.05) is 16.7 Å². The molecule has 1 atom stereocenters. The number of nitrogens with one attached hydrogen (secondary N) is 1. The lowest BCUT2D eigenvalue weighted by Gasteiger charge is -2.21. The topological polar surface area (TPSA) is 12.0 Å². The van der Waals surface area contributed by atoms with Crippen molar-refractivity contribution in [1.82, 2.24) is 5.32 Å². The van der Waals surface area contributed by atoms with Crippen molar-refractivity contribution in [3.8, 4) is 0 Å². The van der Waals surface area contributed by atoms with E-state index in [1.807, 2.05) is 0 Å². The van der Waals surface area contributed by atoms with E-state index in [9.17, 15) is 0 Å². The molecule has 19 heavy (non-hydrogen) atoms. The summed E-state index contributed by atoms with van der Waals surface area (Å²) in [7, 11) is 0. The standard InChI is InChI=1S/C17H25NS/c1-2-6-14(7-3-1)10-11-18-13-16-12-15-8-4-5-9-17(15)19-16/h4-5,8-9,14,16,18H,1-3,6-7,10-13H2. The Morgan fingerprint density at radius 2 is 1.95 bits per heavy atom. The van der Waals surface area contributed by atoms with Gasteiger partial charge in [-0.2, -0.15) is 0 Å². The molecule has 1 N–H and O–H groups in total. The first kappa shape index (κ1) is 13.5. The maximum atomic E-state index is 3.69. The first-order chi connectivity index (χ1) is 9.42. The molecule has 0 bridgehead atoms. The van der Waals surface area contributed by atoms with Gasteiger partial charge in [-0.3, -0.25) is 0 Å². The summed E-state index contributed by atoms with van der Waals surface area (Å²) < 4.78 is 0. The maximum absolute atomic E-state index is 3.69. The Morgan fingerprint density at radius 1 is 1.11 bits per heavy atom. The zero-order chi connectivity index (χ0) is 12.9. The number of benzene rings is 1. The van der Waals surface area contributed by atoms with E-state index in [4.69, 9.17) is 0 Å². The molecule has 1 saturated carbocycles. The lowest BCUT2D eigenvalue weighted by Crippen LogP contribution is -2.27. The Bertz CT molecular complexity index is 373. The van der Waals surface area contributed by atoms with Gasteiger partial charge in [0.15, 0.2) is 0 Å². The van der Waals surface area contributed by atoms with Crippen LogP contribution in [0.2, 0.25) is 0 Å². The first-order valence-corrected chi connectivity index (χ1v) is 8.75. The molecular formula is C17H25NS. The summed E-state index contributed by atoms with van der Waals surface area (Å²) in [6.07, 6.45) is 10.0. The number of thioether (sulfide) groups is 1. The fourth-order valence-corrected chi connectivity index (χ4v) is 4.70. The molecule has 1 aromatic rings. The molecule has 1 aliphatic heterocycles. The van der Waals surface area contributed by atoms with Crippen LogP contribution in [0, 0.1) is 5.92 Å². The van der Waals surface area contributed by atoms with Crippen LogP contribution in [0.15, 0.2) is 29.2 Å². The Balaban J connectivity index is 1.33. The fourth-order valence-electron chi connectivity index (χ4n) is 3.41. The van der Waals surface area contributed by atoms with Crippen molar-refractivity contribution in [1.29, 1.82) is 0 Å². The van der Waals surface area contributed by atoms with Gasteiger partial charge in [-0.05, 0) is 36.9 Å². The van der Waals surface area contributed by atoms with E-state index in [2.05, 4.69) is 41.3 Å². The fraction of sp³-hybridized carbons (Fsp3) is 0.647. The Kier molecular flexibility index (Phi) is 4.84. The van der Waals surface area contributed by atoms with Gasteiger partial charge in [0.2, 0.25) is 0 Å². The van der Waals surface area contributed by atoms with Crippen LogP contribution in [-0.4, -0.2) is 18.3 Å². The van der Waals surface area contributed by atoms with E-state index < -0.39 is 0 Å². The van der Waals surface area contributed by atoms with Gasteiger partial charge in [0.05, 0.1) is 0 Å². The highest BCUT2D eigenvalue weighted by atomic mass is 32.2. The third-order valence-corrected chi connectivity index (χ3v) is 5.86. The Morgan fingerprint density at radius 3 is 2.79 bits per heavy atom. The average molecular weight is 275 g/mol. The van der Waals surface area contributed by atoms with Crippen LogP contribution in [0.4, 0.5) is 0 Å². The van der Waals surface area contributed by atoms with E-state index in [0.717, 1.165) is 11.2 Å². The SMILES string of the molecule is c1ccc2c(c1)CC(CNCCC1CCCCC1)S2. The van der Waals surface area contributed by atoms with Gasteiger partial charge in [0.25, 0.3) is 0 Å². The monoisotopic (exact) mass is 275 g/mol. The predicted molar refractivity (Wildman–Crippen MR) is 83.9 cm³/mol. The van der Waals surface area contributed by atoms with E-state index in [0.29, 0.717) is 0 Å². The first-order valence-electron chi connectivity index (χ1n) is 7.87. The molecule has 1 aromatic carbocycles. The van der Waals surface area contributed by atoms with Crippen molar-refractivity contribution in [3.05, 3.63) is 29.8 Å². The number of fused-ring (bicyclic) bond motifs is 1. The molecule has 1 aliphatic carbocycles. The highest BCUT2D eigenvalue weighted by Crippen LogP contribution is 2.36. The number of rotatable bonds is 5. The number of hydrogen-bond donors (Lipinski definition) is 1. The van der Waals surface area contributed by atoms with Crippen LogP contribution in [-0.2, 0) is 6.42 Å². The van der Waals surface area contributed by atoms with Crippen molar-refractivity contribution >= 4 is 11.8 Å². The van der Waals surface area contributed by atoms with E-state index >= 15 is 0 Å². The highest BCUT2D eigenvalue weighted by Gasteiger charge is 2.21. The molecular weight excluding hydrogens is 250 g/mol. The molecule has 0 spiro atoms. The minimum Gasteiger partial charge on any atom is -0.316 e. The van der Waals surface area contributed by atoms with Crippen molar-refractivity contribution in [2.24, 2.45) is 5.92 Å². The molecule has 1 fully saturated rings. The molecule has 1 unspecified atom stereocenters. The Labute approximate surface area is 121 Å². The molecule has 1 heterocycles. The van der Waals surface area contributed by atoms with Crippen molar-refractivity contribution in [3.63, 3.8) is 0 Å². The summed E-state index contributed by atoms with van der Waals surface area (Å²) in [5, 5.41) is 4.44. The molecule has 2 heteroatoms. The zero-order valence-electron chi connectivity index (χ0n) is 11.7. The summed E-state index contributed by atoms with van der Waals surface area (Å²) in [6.45, 7) is 2.39. The normalized spacial score (nSPS) is 23.5. The lowest BCUT2D eigenvalue weighted by atomic mass is 9.87. The minimum absolute atomic E-state index is 0.753. The second kappa shape index (κ2) is 6.81. The molecule has 2 aliphatic rings. The smallest absolute Gasteiger partial charge is 0.0260 e. The van der Waals surface area contributed by atoms with Crippen molar-refractivity contribution in [2.45, 2.75) is 55.1 Å². The summed E-state index contributed by atoms with van der Waals surface area (Å²) in [4.78, 5) is 1.50. The average Bonchev–Trinajstić information content (AvgIpc) is 2.87. The third kappa shape index (κ3) is 3.76. The molecule has 0 aromatic heterocycles. The zero-order valence-corrected chi connectivity index (χ0v) is 12.6. The quantitative estimate of drug-likeness (QED) is 0.806. The second-order valence-corrected chi connectivity index (χ2v) is 7.39. The molecule has 3 rings (SSSR count). The van der Waals surface area contributed by atoms with Crippen LogP contribution in [0.5, 0.6) is 0 Å². The van der Waals surface area contributed by atoms with Gasteiger partial charge in [-0.1, -0.05) is 50.3 Å². The van der Waals surface area contributed by atoms with Gasteiger partial charge in [0.1, 0.15) is 0 Å². The summed E-state index contributed by atoms with van der Waals surface area (Å²) in [6, 6.07) is 8.87. The van der Waals surface area contributed by atoms with Crippen LogP contribution < -0.4 is 5.32 Å². The van der Waals surface area contributed by atoms with Crippen molar-refractivity contribution < 1.29 is 0 Å². The summed E-state index contributed by atoms with van der Waals surface area (Å²) >= 11 is 2.06. The molecule has 0 amide bonds. The van der Waals surface area contributed by atoms with E-state index in [-0.39, 0.29) is 0 Å². The lowest BCUT2D eigenvalue weighted by molar-refractivity contribution is 0.334. The van der Waals surface area contributed by atoms with E-state index in [1.54, 1.807) is 5.56 Å². The maximum Gasteiger partial charge on any atom is 0.0260 e. The summed E-state index contributed by atoms with van der Waals surface area (Å²) in [5.74, 6) is 1.01. The minimum atomic E-state index is 0.753. The second-order valence-electron chi connectivity index (χ2n) is 6.05. The molecule has 0 radical (unpaired) electrons. The van der Waals surface area contributed by atoms with Gasteiger partial charge >= 0.3 is 0 Å². The highest BCUT2D eigenvalue weighted by molar-refractivity contribution is 8.00. The Hall–Kier alpha value is -0.470. The molecule has 1 nitrogen and oxygen atoms in total. The van der Waals surface area contributed by atoms with Gasteiger partial charge in [-0.25, -0.2) is 0 Å². The van der Waals surface area contributed by atoms with E-state index in [1.165, 1.54) is 62.9 Å². The third-order valence-electron chi connectivity index (χ3n) is 4.54. The number of hydrogen-bond acceptors (Lipinski definition) is 2.